The molecule has 1 aliphatic heterocycles. The van der Waals surface area contributed by atoms with Crippen LogP contribution in [-0.4, -0.2) is 29.6 Å². The van der Waals surface area contributed by atoms with Gasteiger partial charge in [-0.2, -0.15) is 13.2 Å². The van der Waals surface area contributed by atoms with Gasteiger partial charge in [0.25, 0.3) is 0 Å². The summed E-state index contributed by atoms with van der Waals surface area (Å²) < 4.78 is 51.1. The van der Waals surface area contributed by atoms with Crippen molar-refractivity contribution in [1.29, 1.82) is 0 Å². The maximum absolute atomic E-state index is 12.8. The van der Waals surface area contributed by atoms with E-state index in [1.54, 1.807) is 0 Å². The predicted octanol–water partition coefficient (Wildman–Crippen LogP) is 3.28. The van der Waals surface area contributed by atoms with Crippen molar-refractivity contribution in [3.8, 4) is 0 Å². The van der Waals surface area contributed by atoms with Crippen molar-refractivity contribution in [2.75, 3.05) is 19.8 Å². The molecule has 0 bridgehead atoms. The van der Waals surface area contributed by atoms with Crippen LogP contribution in [0, 0.1) is 5.92 Å². The summed E-state index contributed by atoms with van der Waals surface area (Å²) in [6.45, 7) is 1.00. The van der Waals surface area contributed by atoms with Crippen LogP contribution in [0.15, 0.2) is 18.3 Å². The second kappa shape index (κ2) is 5.86. The van der Waals surface area contributed by atoms with Crippen LogP contribution in [0.5, 0.6) is 0 Å². The molecular weight excluding hydrogens is 260 g/mol. The summed E-state index contributed by atoms with van der Waals surface area (Å²) >= 11 is 0. The number of hydrogen-bond acceptors (Lipinski definition) is 2. The highest BCUT2D eigenvalue weighted by Crippen LogP contribution is 2.31. The zero-order valence-electron chi connectivity index (χ0n) is 10.5. The van der Waals surface area contributed by atoms with Gasteiger partial charge in [0.15, 0.2) is 0 Å². The molecule has 0 aliphatic carbocycles. The number of pyridine rings is 1. The van der Waals surface area contributed by atoms with Crippen LogP contribution in [0.3, 0.4) is 0 Å². The molecule has 0 amide bonds. The minimum absolute atomic E-state index is 0.0558. The van der Waals surface area contributed by atoms with Crippen molar-refractivity contribution in [3.63, 3.8) is 0 Å². The van der Waals surface area contributed by atoms with Gasteiger partial charge in [0.05, 0.1) is 6.67 Å². The van der Waals surface area contributed by atoms with Crippen molar-refractivity contribution < 1.29 is 17.6 Å². The van der Waals surface area contributed by atoms with Gasteiger partial charge < -0.3 is 0 Å². The summed E-state index contributed by atoms with van der Waals surface area (Å²) in [7, 11) is 0. The molecule has 0 saturated carbocycles. The molecule has 19 heavy (non-hydrogen) atoms. The van der Waals surface area contributed by atoms with Crippen LogP contribution in [-0.2, 0) is 12.7 Å². The van der Waals surface area contributed by atoms with Crippen LogP contribution in [0.4, 0.5) is 17.6 Å². The van der Waals surface area contributed by atoms with Crippen molar-refractivity contribution in [3.05, 3.63) is 29.6 Å². The third kappa shape index (κ3) is 3.65. The monoisotopic (exact) mass is 276 g/mol. The second-order valence-corrected chi connectivity index (χ2v) is 4.91. The molecule has 1 unspecified atom stereocenters. The Morgan fingerprint density at radius 3 is 2.84 bits per heavy atom. The lowest BCUT2D eigenvalue weighted by Crippen LogP contribution is -2.36. The molecule has 106 valence electrons. The third-order valence-corrected chi connectivity index (χ3v) is 3.38. The summed E-state index contributed by atoms with van der Waals surface area (Å²) in [5, 5.41) is 0. The quantitative estimate of drug-likeness (QED) is 0.788. The zero-order valence-corrected chi connectivity index (χ0v) is 10.5. The van der Waals surface area contributed by atoms with Gasteiger partial charge in [0, 0.05) is 25.2 Å². The van der Waals surface area contributed by atoms with Crippen molar-refractivity contribution >= 4 is 0 Å². The fourth-order valence-electron chi connectivity index (χ4n) is 2.48. The summed E-state index contributed by atoms with van der Waals surface area (Å²) in [5.41, 5.74) is -0.674. The topological polar surface area (TPSA) is 16.1 Å². The van der Waals surface area contributed by atoms with E-state index in [-0.39, 0.29) is 18.0 Å². The molecule has 2 nitrogen and oxygen atoms in total. The fourth-order valence-corrected chi connectivity index (χ4v) is 2.48. The van der Waals surface area contributed by atoms with Gasteiger partial charge >= 0.3 is 6.18 Å². The molecule has 1 saturated heterocycles. The average Bonchev–Trinajstić information content (AvgIpc) is 2.38. The normalized spacial score (nSPS) is 21.6. The molecule has 2 heterocycles. The first kappa shape index (κ1) is 14.2. The maximum Gasteiger partial charge on any atom is 0.433 e. The molecule has 0 radical (unpaired) electrons. The Balaban J connectivity index is 2.11. The van der Waals surface area contributed by atoms with Gasteiger partial charge in [0.1, 0.15) is 5.69 Å². The second-order valence-electron chi connectivity index (χ2n) is 4.91. The van der Waals surface area contributed by atoms with E-state index in [0.717, 1.165) is 19.0 Å². The number of alkyl halides is 4. The molecule has 1 atom stereocenters. The van der Waals surface area contributed by atoms with Crippen molar-refractivity contribution in [1.82, 2.24) is 9.88 Å². The average molecular weight is 276 g/mol. The molecule has 1 aromatic heterocycles. The largest absolute Gasteiger partial charge is 0.433 e. The summed E-state index contributed by atoms with van der Waals surface area (Å²) in [6.07, 6.45) is -1.65. The minimum Gasteiger partial charge on any atom is -0.299 e. The summed E-state index contributed by atoms with van der Waals surface area (Å²) in [5.74, 6) is -0.0558. The van der Waals surface area contributed by atoms with E-state index in [1.807, 2.05) is 4.90 Å². The zero-order chi connectivity index (χ0) is 13.9. The van der Waals surface area contributed by atoms with E-state index in [4.69, 9.17) is 0 Å². The molecule has 1 aromatic rings. The minimum atomic E-state index is -4.44. The lowest BCUT2D eigenvalue weighted by Gasteiger charge is -2.31. The molecule has 1 fully saturated rings. The first-order valence-corrected chi connectivity index (χ1v) is 6.30. The molecule has 0 N–H and O–H groups in total. The number of likely N-dealkylation sites (tertiary alicyclic amines) is 1. The van der Waals surface area contributed by atoms with E-state index < -0.39 is 18.5 Å². The van der Waals surface area contributed by atoms with Gasteiger partial charge in [-0.05, 0) is 31.0 Å². The van der Waals surface area contributed by atoms with E-state index in [1.165, 1.54) is 12.1 Å². The predicted molar refractivity (Wildman–Crippen MR) is 63.2 cm³/mol. The summed E-state index contributed by atoms with van der Waals surface area (Å²) in [6, 6.07) is 2.94. The van der Waals surface area contributed by atoms with Gasteiger partial charge in [0.2, 0.25) is 0 Å². The van der Waals surface area contributed by atoms with E-state index >= 15 is 0 Å². The van der Waals surface area contributed by atoms with Gasteiger partial charge in [-0.15, -0.1) is 0 Å². The van der Waals surface area contributed by atoms with Crippen molar-refractivity contribution in [2.45, 2.75) is 25.6 Å². The maximum atomic E-state index is 12.8. The first-order chi connectivity index (χ1) is 9.00. The fraction of sp³-hybridized carbons (Fsp3) is 0.615. The molecule has 6 heteroatoms. The third-order valence-electron chi connectivity index (χ3n) is 3.38. The molecule has 0 spiro atoms. The number of halogens is 4. The standard InChI is InChI=1S/C13H16F4N2/c14-7-10-3-2-6-19(8-10)9-11-4-1-5-18-12(11)13(15,16)17/h1,4-5,10H,2-3,6-9H2. The molecule has 1 aliphatic rings. The number of hydrogen-bond donors (Lipinski definition) is 0. The first-order valence-electron chi connectivity index (χ1n) is 6.30. The van der Waals surface area contributed by atoms with Gasteiger partial charge in [-0.3, -0.25) is 14.3 Å². The Labute approximate surface area is 109 Å². The molecule has 0 aromatic carbocycles. The van der Waals surface area contributed by atoms with Crippen LogP contribution < -0.4 is 0 Å². The van der Waals surface area contributed by atoms with Crippen LogP contribution in [0.1, 0.15) is 24.1 Å². The Morgan fingerprint density at radius 2 is 2.16 bits per heavy atom. The van der Waals surface area contributed by atoms with E-state index in [2.05, 4.69) is 4.98 Å². The SMILES string of the molecule is FCC1CCCN(Cc2cccnc2C(F)(F)F)C1. The number of nitrogens with zero attached hydrogens (tertiary/aromatic N) is 2. The van der Waals surface area contributed by atoms with Crippen LogP contribution in [0.25, 0.3) is 0 Å². The lowest BCUT2D eigenvalue weighted by atomic mass is 9.99. The smallest absolute Gasteiger partial charge is 0.299 e. The van der Waals surface area contributed by atoms with Gasteiger partial charge in [-0.25, -0.2) is 0 Å². The number of rotatable bonds is 3. The van der Waals surface area contributed by atoms with E-state index in [9.17, 15) is 17.6 Å². The highest BCUT2D eigenvalue weighted by atomic mass is 19.4. The lowest BCUT2D eigenvalue weighted by molar-refractivity contribution is -0.142. The summed E-state index contributed by atoms with van der Waals surface area (Å²) in [4.78, 5) is 5.30. The highest BCUT2D eigenvalue weighted by Gasteiger charge is 2.35. The van der Waals surface area contributed by atoms with E-state index in [0.29, 0.717) is 13.1 Å². The Morgan fingerprint density at radius 1 is 1.37 bits per heavy atom. The molecular formula is C13H16F4N2. The van der Waals surface area contributed by atoms with Crippen LogP contribution in [0.2, 0.25) is 0 Å². The van der Waals surface area contributed by atoms with Gasteiger partial charge in [-0.1, -0.05) is 6.07 Å². The van der Waals surface area contributed by atoms with Crippen LogP contribution >= 0.6 is 0 Å². The number of piperidine rings is 1. The van der Waals surface area contributed by atoms with Crippen molar-refractivity contribution in [2.24, 2.45) is 5.92 Å². The number of aromatic nitrogens is 1. The molecule has 2 rings (SSSR count). The highest BCUT2D eigenvalue weighted by molar-refractivity contribution is 5.22. The Hall–Kier alpha value is -1.17. The Bertz CT molecular complexity index is 419. The Kier molecular flexibility index (Phi) is 4.39.